The Morgan fingerprint density at radius 1 is 1.12 bits per heavy atom. The third kappa shape index (κ3) is 3.95. The monoisotopic (exact) mass is 323 g/mol. The van der Waals surface area contributed by atoms with Crippen molar-refractivity contribution >= 4 is 11.6 Å². The van der Waals surface area contributed by atoms with Crippen LogP contribution in [-0.4, -0.2) is 32.7 Å². The zero-order valence-electron chi connectivity index (χ0n) is 13.2. The molecule has 3 aromatic rings. The summed E-state index contributed by atoms with van der Waals surface area (Å²) in [5.74, 6) is 0.459. The number of nitrogens with zero attached hydrogens (tertiary/aromatic N) is 4. The van der Waals surface area contributed by atoms with Crippen LogP contribution in [0.5, 0.6) is 5.75 Å². The van der Waals surface area contributed by atoms with E-state index in [-0.39, 0.29) is 12.5 Å². The molecule has 0 aliphatic carbocycles. The third-order valence-electron chi connectivity index (χ3n) is 3.47. The summed E-state index contributed by atoms with van der Waals surface area (Å²) in [7, 11) is 0. The first-order chi connectivity index (χ1) is 11.7. The Bertz CT molecular complexity index is 783. The van der Waals surface area contributed by atoms with Gasteiger partial charge in [-0.1, -0.05) is 19.1 Å². The van der Waals surface area contributed by atoms with Crippen molar-refractivity contribution in [1.29, 1.82) is 0 Å². The highest BCUT2D eigenvalue weighted by Crippen LogP contribution is 2.14. The number of anilines is 1. The molecule has 0 saturated heterocycles. The van der Waals surface area contributed by atoms with E-state index in [1.165, 1.54) is 16.6 Å². The highest BCUT2D eigenvalue weighted by atomic mass is 16.5. The zero-order chi connectivity index (χ0) is 16.8. The first kappa shape index (κ1) is 15.7. The van der Waals surface area contributed by atoms with Gasteiger partial charge in [-0.05, 0) is 58.8 Å². The molecule has 1 heterocycles. The third-order valence-corrected chi connectivity index (χ3v) is 3.47. The van der Waals surface area contributed by atoms with Crippen molar-refractivity contribution in [3.8, 4) is 11.4 Å². The maximum Gasteiger partial charge on any atom is 0.262 e. The van der Waals surface area contributed by atoms with Gasteiger partial charge in [0, 0.05) is 5.69 Å². The van der Waals surface area contributed by atoms with Crippen LogP contribution < -0.4 is 10.1 Å². The quantitative estimate of drug-likeness (QED) is 0.752. The summed E-state index contributed by atoms with van der Waals surface area (Å²) in [6.07, 6.45) is 2.48. The van der Waals surface area contributed by atoms with E-state index >= 15 is 0 Å². The number of tetrazole rings is 1. The number of nitrogens with one attached hydrogen (secondary N) is 1. The predicted molar refractivity (Wildman–Crippen MR) is 89.1 cm³/mol. The van der Waals surface area contributed by atoms with E-state index < -0.39 is 0 Å². The fraction of sp³-hybridized carbons (Fsp3) is 0.176. The molecule has 0 fully saturated rings. The van der Waals surface area contributed by atoms with Crippen LogP contribution in [0.2, 0.25) is 0 Å². The molecule has 122 valence electrons. The van der Waals surface area contributed by atoms with E-state index in [0.717, 1.165) is 12.1 Å². The highest BCUT2D eigenvalue weighted by Gasteiger charge is 2.05. The average molecular weight is 323 g/mol. The van der Waals surface area contributed by atoms with Crippen molar-refractivity contribution in [3.63, 3.8) is 0 Å². The lowest BCUT2D eigenvalue weighted by molar-refractivity contribution is -0.118. The summed E-state index contributed by atoms with van der Waals surface area (Å²) >= 11 is 0. The van der Waals surface area contributed by atoms with Crippen LogP contribution in [0.3, 0.4) is 0 Å². The first-order valence-electron chi connectivity index (χ1n) is 7.59. The van der Waals surface area contributed by atoms with Gasteiger partial charge in [-0.25, -0.2) is 4.68 Å². The van der Waals surface area contributed by atoms with E-state index in [4.69, 9.17) is 4.74 Å². The molecule has 24 heavy (non-hydrogen) atoms. The van der Waals surface area contributed by atoms with E-state index in [2.05, 4.69) is 27.8 Å². The van der Waals surface area contributed by atoms with E-state index in [9.17, 15) is 4.79 Å². The second-order valence-electron chi connectivity index (χ2n) is 5.14. The first-order valence-corrected chi connectivity index (χ1v) is 7.59. The standard InChI is InChI=1S/C17H17N5O2/c1-2-13-3-9-16(10-4-13)24-11-17(23)19-14-5-7-15(8-6-14)22-12-18-20-21-22/h3-10,12H,2,11H2,1H3,(H,19,23). The molecule has 0 spiro atoms. The van der Waals surface area contributed by atoms with Gasteiger partial charge in [0.25, 0.3) is 5.91 Å². The Morgan fingerprint density at radius 3 is 2.50 bits per heavy atom. The summed E-state index contributed by atoms with van der Waals surface area (Å²) in [4.78, 5) is 11.9. The van der Waals surface area contributed by atoms with Gasteiger partial charge < -0.3 is 10.1 Å². The molecule has 0 aliphatic heterocycles. The molecule has 1 aromatic heterocycles. The topological polar surface area (TPSA) is 81.9 Å². The lowest BCUT2D eigenvalue weighted by atomic mass is 10.2. The number of hydrogen-bond donors (Lipinski definition) is 1. The predicted octanol–water partition coefficient (Wildman–Crippen LogP) is 2.24. The van der Waals surface area contributed by atoms with Gasteiger partial charge in [-0.2, -0.15) is 0 Å². The number of aryl methyl sites for hydroxylation is 1. The van der Waals surface area contributed by atoms with Crippen molar-refractivity contribution < 1.29 is 9.53 Å². The number of rotatable bonds is 6. The Morgan fingerprint density at radius 2 is 1.88 bits per heavy atom. The Balaban J connectivity index is 1.52. The molecule has 0 atom stereocenters. The van der Waals surface area contributed by atoms with E-state index in [1.807, 2.05) is 36.4 Å². The van der Waals surface area contributed by atoms with Crippen LogP contribution in [-0.2, 0) is 11.2 Å². The number of carbonyl (C=O) groups excluding carboxylic acids is 1. The smallest absolute Gasteiger partial charge is 0.262 e. The largest absolute Gasteiger partial charge is 0.484 e. The van der Waals surface area contributed by atoms with Gasteiger partial charge >= 0.3 is 0 Å². The average Bonchev–Trinajstić information content (AvgIpc) is 3.16. The second-order valence-corrected chi connectivity index (χ2v) is 5.14. The summed E-state index contributed by atoms with van der Waals surface area (Å²) in [5.41, 5.74) is 2.72. The molecule has 0 radical (unpaired) electrons. The molecule has 1 N–H and O–H groups in total. The Labute approximate surface area is 139 Å². The lowest BCUT2D eigenvalue weighted by Gasteiger charge is -2.08. The minimum Gasteiger partial charge on any atom is -0.484 e. The molecule has 1 amide bonds. The van der Waals surface area contributed by atoms with Crippen molar-refractivity contribution in [3.05, 3.63) is 60.4 Å². The number of carbonyl (C=O) groups is 1. The van der Waals surface area contributed by atoms with Gasteiger partial charge in [0.1, 0.15) is 12.1 Å². The molecule has 7 nitrogen and oxygen atoms in total. The normalized spacial score (nSPS) is 10.4. The minimum absolute atomic E-state index is 0.0414. The van der Waals surface area contributed by atoms with Crippen LogP contribution in [0.1, 0.15) is 12.5 Å². The maximum atomic E-state index is 11.9. The van der Waals surface area contributed by atoms with Crippen LogP contribution in [0.4, 0.5) is 5.69 Å². The molecule has 0 bridgehead atoms. The van der Waals surface area contributed by atoms with Crippen molar-refractivity contribution in [2.45, 2.75) is 13.3 Å². The number of ether oxygens (including phenoxy) is 1. The summed E-state index contributed by atoms with van der Waals surface area (Å²) in [5, 5.41) is 13.7. The van der Waals surface area contributed by atoms with E-state index in [0.29, 0.717) is 11.4 Å². The number of benzene rings is 2. The lowest BCUT2D eigenvalue weighted by Crippen LogP contribution is -2.20. The number of aromatic nitrogens is 4. The van der Waals surface area contributed by atoms with Crippen molar-refractivity contribution in [1.82, 2.24) is 20.2 Å². The van der Waals surface area contributed by atoms with Crippen LogP contribution in [0.25, 0.3) is 5.69 Å². The van der Waals surface area contributed by atoms with Gasteiger partial charge in [-0.15, -0.1) is 5.10 Å². The zero-order valence-corrected chi connectivity index (χ0v) is 13.2. The van der Waals surface area contributed by atoms with Gasteiger partial charge in [0.05, 0.1) is 5.69 Å². The fourth-order valence-electron chi connectivity index (χ4n) is 2.14. The molecule has 7 heteroatoms. The Kier molecular flexibility index (Phi) is 4.81. The van der Waals surface area contributed by atoms with Gasteiger partial charge in [0.15, 0.2) is 6.61 Å². The highest BCUT2D eigenvalue weighted by molar-refractivity contribution is 5.91. The van der Waals surface area contributed by atoms with Crippen LogP contribution in [0.15, 0.2) is 54.9 Å². The van der Waals surface area contributed by atoms with Gasteiger partial charge in [-0.3, -0.25) is 4.79 Å². The summed E-state index contributed by atoms with van der Waals surface area (Å²) in [6, 6.07) is 14.9. The molecular formula is C17H17N5O2. The SMILES string of the molecule is CCc1ccc(OCC(=O)Nc2ccc(-n3cnnn3)cc2)cc1. The second kappa shape index (κ2) is 7.36. The molecular weight excluding hydrogens is 306 g/mol. The van der Waals surface area contributed by atoms with Crippen molar-refractivity contribution in [2.75, 3.05) is 11.9 Å². The van der Waals surface area contributed by atoms with Crippen LogP contribution >= 0.6 is 0 Å². The van der Waals surface area contributed by atoms with Crippen LogP contribution in [0, 0.1) is 0 Å². The fourth-order valence-corrected chi connectivity index (χ4v) is 2.14. The number of amides is 1. The molecule has 3 rings (SSSR count). The van der Waals surface area contributed by atoms with Crippen molar-refractivity contribution in [2.24, 2.45) is 0 Å². The molecule has 0 unspecified atom stereocenters. The molecule has 0 saturated carbocycles. The maximum absolute atomic E-state index is 11.9. The summed E-state index contributed by atoms with van der Waals surface area (Å²) in [6.45, 7) is 2.05. The molecule has 0 aliphatic rings. The van der Waals surface area contributed by atoms with E-state index in [1.54, 1.807) is 12.1 Å². The Hall–Kier alpha value is -3.22. The minimum atomic E-state index is -0.218. The number of hydrogen-bond acceptors (Lipinski definition) is 5. The van der Waals surface area contributed by atoms with Gasteiger partial charge in [0.2, 0.25) is 0 Å². The molecule has 2 aromatic carbocycles. The summed E-state index contributed by atoms with van der Waals surface area (Å²) < 4.78 is 7.02.